The van der Waals surface area contributed by atoms with Gasteiger partial charge in [-0.2, -0.15) is 0 Å². The molecule has 0 radical (unpaired) electrons. The molecular weight excluding hydrogens is 392 g/mol. The average molecular weight is 413 g/mol. The predicted octanol–water partition coefficient (Wildman–Crippen LogP) is 3.34. The molecule has 0 N–H and O–H groups in total. The third kappa shape index (κ3) is 5.01. The summed E-state index contributed by atoms with van der Waals surface area (Å²) in [6, 6.07) is 11.6. The number of amides is 1. The van der Waals surface area contributed by atoms with Gasteiger partial charge in [-0.05, 0) is 48.5 Å². The second-order valence-corrected chi connectivity index (χ2v) is 7.05. The van der Waals surface area contributed by atoms with Crippen LogP contribution in [0.4, 0.5) is 8.78 Å². The molecule has 0 aliphatic carbocycles. The molecule has 4 rings (SSSR count). The van der Waals surface area contributed by atoms with Crippen molar-refractivity contribution in [1.29, 1.82) is 0 Å². The molecule has 1 amide bonds. The summed E-state index contributed by atoms with van der Waals surface area (Å²) in [4.78, 5) is 20.8. The number of hydrogen-bond acceptors (Lipinski definition) is 5. The summed E-state index contributed by atoms with van der Waals surface area (Å²) in [6.07, 6.45) is 1.60. The van der Waals surface area contributed by atoms with Crippen molar-refractivity contribution in [1.82, 2.24) is 14.8 Å². The molecule has 0 unspecified atom stereocenters. The Bertz CT molecular complexity index is 982. The SMILES string of the molecule is O=C(COc1ccc(F)cc1)N1CCN(Cc2coc(-c3ccc(F)cc3)n2)CC1. The topological polar surface area (TPSA) is 58.8 Å². The van der Waals surface area contributed by atoms with E-state index in [1.807, 2.05) is 0 Å². The first-order valence-corrected chi connectivity index (χ1v) is 9.66. The zero-order valence-corrected chi connectivity index (χ0v) is 16.3. The molecule has 0 bridgehead atoms. The Labute approximate surface area is 172 Å². The molecule has 1 aliphatic rings. The van der Waals surface area contributed by atoms with Gasteiger partial charge >= 0.3 is 0 Å². The van der Waals surface area contributed by atoms with Crippen molar-refractivity contribution >= 4 is 5.91 Å². The molecule has 0 saturated carbocycles. The summed E-state index contributed by atoms with van der Waals surface area (Å²) >= 11 is 0. The van der Waals surface area contributed by atoms with Gasteiger partial charge in [0.2, 0.25) is 5.89 Å². The molecule has 1 fully saturated rings. The van der Waals surface area contributed by atoms with Crippen molar-refractivity contribution in [3.8, 4) is 17.2 Å². The van der Waals surface area contributed by atoms with Gasteiger partial charge in [0.15, 0.2) is 6.61 Å². The largest absolute Gasteiger partial charge is 0.484 e. The Morgan fingerprint density at radius 1 is 0.967 bits per heavy atom. The van der Waals surface area contributed by atoms with Crippen LogP contribution in [0.5, 0.6) is 5.75 Å². The van der Waals surface area contributed by atoms with Crippen LogP contribution in [0.15, 0.2) is 59.2 Å². The van der Waals surface area contributed by atoms with Crippen LogP contribution in [-0.2, 0) is 11.3 Å². The third-order valence-electron chi connectivity index (χ3n) is 4.93. The van der Waals surface area contributed by atoms with Crippen LogP contribution >= 0.6 is 0 Å². The monoisotopic (exact) mass is 413 g/mol. The van der Waals surface area contributed by atoms with Crippen LogP contribution in [0.1, 0.15) is 5.69 Å². The van der Waals surface area contributed by atoms with E-state index in [2.05, 4.69) is 9.88 Å². The molecule has 2 heterocycles. The maximum atomic E-state index is 13.0. The van der Waals surface area contributed by atoms with Crippen LogP contribution < -0.4 is 4.74 Å². The minimum atomic E-state index is -0.346. The smallest absolute Gasteiger partial charge is 0.260 e. The van der Waals surface area contributed by atoms with E-state index >= 15 is 0 Å². The summed E-state index contributed by atoms with van der Waals surface area (Å²) in [7, 11) is 0. The van der Waals surface area contributed by atoms with E-state index in [9.17, 15) is 13.6 Å². The molecule has 0 spiro atoms. The number of rotatable bonds is 6. The van der Waals surface area contributed by atoms with E-state index in [1.165, 1.54) is 36.4 Å². The molecule has 156 valence electrons. The lowest BCUT2D eigenvalue weighted by Gasteiger charge is -2.34. The molecule has 30 heavy (non-hydrogen) atoms. The zero-order valence-electron chi connectivity index (χ0n) is 16.3. The number of piperazine rings is 1. The van der Waals surface area contributed by atoms with Crippen LogP contribution in [0.25, 0.3) is 11.5 Å². The van der Waals surface area contributed by atoms with Gasteiger partial charge in [-0.15, -0.1) is 0 Å². The molecule has 1 aliphatic heterocycles. The Balaban J connectivity index is 1.24. The molecule has 1 aromatic heterocycles. The highest BCUT2D eigenvalue weighted by molar-refractivity contribution is 5.77. The summed E-state index contributed by atoms with van der Waals surface area (Å²) < 4.78 is 36.9. The highest BCUT2D eigenvalue weighted by Crippen LogP contribution is 2.20. The van der Waals surface area contributed by atoms with Gasteiger partial charge in [0.05, 0.1) is 5.69 Å². The summed E-state index contributed by atoms with van der Waals surface area (Å²) in [5.74, 6) is 0.171. The molecule has 3 aromatic rings. The maximum Gasteiger partial charge on any atom is 0.260 e. The molecule has 2 aromatic carbocycles. The van der Waals surface area contributed by atoms with Gasteiger partial charge in [0.25, 0.3) is 5.91 Å². The highest BCUT2D eigenvalue weighted by atomic mass is 19.1. The quantitative estimate of drug-likeness (QED) is 0.620. The van der Waals surface area contributed by atoms with Gasteiger partial charge in [0.1, 0.15) is 23.6 Å². The van der Waals surface area contributed by atoms with E-state index in [4.69, 9.17) is 9.15 Å². The molecule has 6 nitrogen and oxygen atoms in total. The van der Waals surface area contributed by atoms with Gasteiger partial charge < -0.3 is 14.1 Å². The Morgan fingerprint density at radius 2 is 1.60 bits per heavy atom. The lowest BCUT2D eigenvalue weighted by molar-refractivity contribution is -0.135. The van der Waals surface area contributed by atoms with E-state index in [-0.39, 0.29) is 24.1 Å². The Hall–Kier alpha value is -3.26. The number of hydrogen-bond donors (Lipinski definition) is 0. The zero-order chi connectivity index (χ0) is 20.9. The molecule has 8 heteroatoms. The minimum absolute atomic E-state index is 0.0735. The second-order valence-electron chi connectivity index (χ2n) is 7.05. The first-order chi connectivity index (χ1) is 14.6. The van der Waals surface area contributed by atoms with E-state index in [0.717, 1.165) is 11.3 Å². The van der Waals surface area contributed by atoms with Gasteiger partial charge in [-0.25, -0.2) is 13.8 Å². The van der Waals surface area contributed by atoms with Crippen molar-refractivity contribution < 1.29 is 22.7 Å². The molecular formula is C22H21F2N3O3. The Morgan fingerprint density at radius 3 is 2.27 bits per heavy atom. The van der Waals surface area contributed by atoms with Crippen molar-refractivity contribution in [2.75, 3.05) is 32.8 Å². The van der Waals surface area contributed by atoms with Gasteiger partial charge in [-0.1, -0.05) is 0 Å². The lowest BCUT2D eigenvalue weighted by Crippen LogP contribution is -2.49. The number of aromatic nitrogens is 1. The number of oxazole rings is 1. The van der Waals surface area contributed by atoms with E-state index in [1.54, 1.807) is 23.3 Å². The fraction of sp³-hybridized carbons (Fsp3) is 0.273. The summed E-state index contributed by atoms with van der Waals surface area (Å²) in [5, 5.41) is 0. The predicted molar refractivity (Wildman–Crippen MR) is 106 cm³/mol. The number of ether oxygens (including phenoxy) is 1. The van der Waals surface area contributed by atoms with E-state index < -0.39 is 0 Å². The first kappa shape index (κ1) is 20.0. The number of halogens is 2. The van der Waals surface area contributed by atoms with Crippen molar-refractivity contribution in [2.24, 2.45) is 0 Å². The van der Waals surface area contributed by atoms with Crippen molar-refractivity contribution in [2.45, 2.75) is 6.54 Å². The van der Waals surface area contributed by atoms with Crippen LogP contribution in [0.3, 0.4) is 0 Å². The highest BCUT2D eigenvalue weighted by Gasteiger charge is 2.22. The first-order valence-electron chi connectivity index (χ1n) is 9.66. The normalized spacial score (nSPS) is 14.7. The van der Waals surface area contributed by atoms with Gasteiger partial charge in [-0.3, -0.25) is 9.69 Å². The minimum Gasteiger partial charge on any atom is -0.484 e. The number of nitrogens with zero attached hydrogens (tertiary/aromatic N) is 3. The van der Waals surface area contributed by atoms with Crippen LogP contribution in [0, 0.1) is 11.6 Å². The van der Waals surface area contributed by atoms with Crippen molar-refractivity contribution in [3.63, 3.8) is 0 Å². The number of carbonyl (C=O) groups excluding carboxylic acids is 1. The average Bonchev–Trinajstić information content (AvgIpc) is 3.22. The van der Waals surface area contributed by atoms with Crippen LogP contribution in [0.2, 0.25) is 0 Å². The van der Waals surface area contributed by atoms with E-state index in [0.29, 0.717) is 44.4 Å². The van der Waals surface area contributed by atoms with Crippen LogP contribution in [-0.4, -0.2) is 53.5 Å². The fourth-order valence-corrected chi connectivity index (χ4v) is 3.26. The van der Waals surface area contributed by atoms with Crippen molar-refractivity contribution in [3.05, 3.63) is 72.1 Å². The lowest BCUT2D eigenvalue weighted by atomic mass is 10.2. The maximum absolute atomic E-state index is 13.0. The Kier molecular flexibility index (Phi) is 6.04. The standard InChI is InChI=1S/C22H21F2N3O3/c23-17-3-1-16(2-4-17)22-25-19(14-30-22)13-26-9-11-27(12-10-26)21(28)15-29-20-7-5-18(24)6-8-20/h1-8,14H,9-13,15H2. The number of benzene rings is 2. The fourth-order valence-electron chi connectivity index (χ4n) is 3.26. The second kappa shape index (κ2) is 9.04. The third-order valence-corrected chi connectivity index (χ3v) is 4.93. The number of carbonyl (C=O) groups is 1. The van der Waals surface area contributed by atoms with Gasteiger partial charge in [0, 0.05) is 38.3 Å². The summed E-state index contributed by atoms with van der Waals surface area (Å²) in [5.41, 5.74) is 1.51. The molecule has 0 atom stereocenters. The summed E-state index contributed by atoms with van der Waals surface area (Å²) in [6.45, 7) is 3.14. The molecule has 1 saturated heterocycles.